The van der Waals surface area contributed by atoms with Gasteiger partial charge in [0, 0.05) is 0 Å². The van der Waals surface area contributed by atoms with Gasteiger partial charge in [-0.05, 0) is 80.2 Å². The van der Waals surface area contributed by atoms with Gasteiger partial charge in [-0.3, -0.25) is 0 Å². The highest BCUT2D eigenvalue weighted by molar-refractivity contribution is 5.85. The molecular weight excluding hydrogens is 267 g/mol. The van der Waals surface area contributed by atoms with Crippen LogP contribution in [0.3, 0.4) is 0 Å². The summed E-state index contributed by atoms with van der Waals surface area (Å²) in [5, 5.41) is 0. The standard InChI is InChI=1S/C14H26N2.2ClH/c1-12-4-11-5-13(7-12,2-3-15)9-14(6-11,8-12)10-16;;/h11H,2-10,15-16H2,1H3;2*1H. The van der Waals surface area contributed by atoms with Crippen LogP contribution in [0.25, 0.3) is 0 Å². The average Bonchev–Trinajstić information content (AvgIpc) is 2.13. The smallest absolute Gasteiger partial charge is 0.00200 e. The Bertz CT molecular complexity index is 312. The second-order valence-electron chi connectivity index (χ2n) is 7.56. The van der Waals surface area contributed by atoms with Crippen LogP contribution in [0.2, 0.25) is 0 Å². The lowest BCUT2D eigenvalue weighted by Gasteiger charge is -2.66. The summed E-state index contributed by atoms with van der Waals surface area (Å²) >= 11 is 0. The fourth-order valence-corrected chi connectivity index (χ4v) is 6.18. The predicted octanol–water partition coefficient (Wildman–Crippen LogP) is 3.11. The van der Waals surface area contributed by atoms with Crippen molar-refractivity contribution in [3.8, 4) is 0 Å². The topological polar surface area (TPSA) is 52.0 Å². The number of nitrogens with two attached hydrogens (primary N) is 2. The first kappa shape index (κ1) is 16.6. The third-order valence-corrected chi connectivity index (χ3v) is 5.69. The van der Waals surface area contributed by atoms with Crippen LogP contribution in [0.15, 0.2) is 0 Å². The van der Waals surface area contributed by atoms with Crippen LogP contribution in [0.4, 0.5) is 0 Å². The molecular formula is C14H28Cl2N2. The molecule has 0 saturated heterocycles. The first-order valence-electron chi connectivity index (χ1n) is 6.93. The van der Waals surface area contributed by atoms with E-state index in [9.17, 15) is 0 Å². The molecule has 0 aromatic heterocycles. The second-order valence-corrected chi connectivity index (χ2v) is 7.56. The minimum atomic E-state index is 0. The predicted molar refractivity (Wildman–Crippen MR) is 81.4 cm³/mol. The summed E-state index contributed by atoms with van der Waals surface area (Å²) in [6.07, 6.45) is 9.74. The van der Waals surface area contributed by atoms with Crippen molar-refractivity contribution < 1.29 is 0 Å². The largest absolute Gasteiger partial charge is 0.330 e. The monoisotopic (exact) mass is 294 g/mol. The fourth-order valence-electron chi connectivity index (χ4n) is 6.18. The van der Waals surface area contributed by atoms with Crippen molar-refractivity contribution in [3.05, 3.63) is 0 Å². The molecule has 0 aliphatic heterocycles. The first-order chi connectivity index (χ1) is 7.53. The Kier molecular flexibility index (Phi) is 4.71. The Morgan fingerprint density at radius 2 is 1.56 bits per heavy atom. The van der Waals surface area contributed by atoms with Gasteiger partial charge in [0.25, 0.3) is 0 Å². The van der Waals surface area contributed by atoms with Crippen LogP contribution in [-0.4, -0.2) is 13.1 Å². The van der Waals surface area contributed by atoms with Crippen molar-refractivity contribution in [3.63, 3.8) is 0 Å². The summed E-state index contributed by atoms with van der Waals surface area (Å²) in [6, 6.07) is 0. The van der Waals surface area contributed by atoms with E-state index in [0.29, 0.717) is 16.2 Å². The van der Waals surface area contributed by atoms with E-state index in [-0.39, 0.29) is 24.8 Å². The maximum Gasteiger partial charge on any atom is -0.00200 e. The van der Waals surface area contributed by atoms with E-state index in [1.807, 2.05) is 0 Å². The van der Waals surface area contributed by atoms with Gasteiger partial charge in [0.1, 0.15) is 0 Å². The minimum absolute atomic E-state index is 0. The number of hydrogen-bond acceptors (Lipinski definition) is 2. The molecule has 4 aliphatic rings. The Hall–Kier alpha value is 0.500. The first-order valence-corrected chi connectivity index (χ1v) is 6.93. The third kappa shape index (κ3) is 2.42. The van der Waals surface area contributed by atoms with Crippen molar-refractivity contribution in [2.45, 2.75) is 51.9 Å². The number of halogens is 2. The summed E-state index contributed by atoms with van der Waals surface area (Å²) in [6.45, 7) is 4.28. The van der Waals surface area contributed by atoms with E-state index in [0.717, 1.165) is 19.0 Å². The Balaban J connectivity index is 0.000000810. The third-order valence-electron chi connectivity index (χ3n) is 5.69. The average molecular weight is 295 g/mol. The maximum absolute atomic E-state index is 6.11. The van der Waals surface area contributed by atoms with Crippen molar-refractivity contribution in [2.24, 2.45) is 33.6 Å². The maximum atomic E-state index is 6.11. The van der Waals surface area contributed by atoms with E-state index in [4.69, 9.17) is 11.5 Å². The van der Waals surface area contributed by atoms with Crippen molar-refractivity contribution >= 4 is 24.8 Å². The molecule has 4 aliphatic carbocycles. The van der Waals surface area contributed by atoms with Gasteiger partial charge in [-0.1, -0.05) is 6.92 Å². The quantitative estimate of drug-likeness (QED) is 0.840. The zero-order valence-corrected chi connectivity index (χ0v) is 13.0. The van der Waals surface area contributed by atoms with E-state index in [2.05, 4.69) is 6.92 Å². The Morgan fingerprint density at radius 1 is 0.944 bits per heavy atom. The highest BCUT2D eigenvalue weighted by Crippen LogP contribution is 2.70. The lowest BCUT2D eigenvalue weighted by atomic mass is 9.39. The highest BCUT2D eigenvalue weighted by Gasteiger charge is 2.60. The normalized spacial score (nSPS) is 48.5. The second kappa shape index (κ2) is 5.12. The molecule has 4 rings (SSSR count). The molecule has 0 radical (unpaired) electrons. The van der Waals surface area contributed by atoms with Crippen LogP contribution in [-0.2, 0) is 0 Å². The number of hydrogen-bond donors (Lipinski definition) is 2. The number of rotatable bonds is 3. The van der Waals surface area contributed by atoms with Gasteiger partial charge in [-0.15, -0.1) is 24.8 Å². The highest BCUT2D eigenvalue weighted by atomic mass is 35.5. The summed E-state index contributed by atoms with van der Waals surface area (Å²) in [5.74, 6) is 0.955. The van der Waals surface area contributed by atoms with Crippen LogP contribution in [0, 0.1) is 22.2 Å². The summed E-state index contributed by atoms with van der Waals surface area (Å²) in [4.78, 5) is 0. The van der Waals surface area contributed by atoms with Gasteiger partial charge >= 0.3 is 0 Å². The van der Waals surface area contributed by atoms with Gasteiger partial charge in [-0.2, -0.15) is 0 Å². The molecule has 4 bridgehead atoms. The Labute approximate surface area is 123 Å². The molecule has 0 aromatic carbocycles. The fraction of sp³-hybridized carbons (Fsp3) is 1.00. The van der Waals surface area contributed by atoms with E-state index >= 15 is 0 Å². The minimum Gasteiger partial charge on any atom is -0.330 e. The molecule has 0 spiro atoms. The zero-order chi connectivity index (χ0) is 11.4. The molecule has 4 saturated carbocycles. The van der Waals surface area contributed by atoms with Gasteiger partial charge in [0.15, 0.2) is 0 Å². The SMILES string of the molecule is CC12CC3CC(CN)(C1)CC(CCN)(C3)C2.Cl.Cl. The zero-order valence-electron chi connectivity index (χ0n) is 11.4. The molecule has 18 heavy (non-hydrogen) atoms. The molecule has 0 aromatic rings. The lowest BCUT2D eigenvalue weighted by Crippen LogP contribution is -2.58. The lowest BCUT2D eigenvalue weighted by molar-refractivity contribution is -0.149. The van der Waals surface area contributed by atoms with Gasteiger partial charge in [0.2, 0.25) is 0 Å². The van der Waals surface area contributed by atoms with E-state index in [1.165, 1.54) is 44.9 Å². The molecule has 0 heterocycles. The van der Waals surface area contributed by atoms with Crippen LogP contribution in [0.5, 0.6) is 0 Å². The molecule has 4 atom stereocenters. The molecule has 4 unspecified atom stereocenters. The van der Waals surface area contributed by atoms with Crippen molar-refractivity contribution in [1.82, 2.24) is 0 Å². The molecule has 4 N–H and O–H groups in total. The van der Waals surface area contributed by atoms with Crippen molar-refractivity contribution in [1.29, 1.82) is 0 Å². The summed E-state index contributed by atoms with van der Waals surface area (Å²) in [7, 11) is 0. The summed E-state index contributed by atoms with van der Waals surface area (Å²) in [5.41, 5.74) is 13.6. The van der Waals surface area contributed by atoms with Crippen LogP contribution >= 0.6 is 24.8 Å². The Morgan fingerprint density at radius 3 is 2.11 bits per heavy atom. The van der Waals surface area contributed by atoms with Gasteiger partial charge in [0.05, 0.1) is 0 Å². The van der Waals surface area contributed by atoms with Crippen LogP contribution in [0.1, 0.15) is 51.9 Å². The van der Waals surface area contributed by atoms with Gasteiger partial charge < -0.3 is 11.5 Å². The summed E-state index contributed by atoms with van der Waals surface area (Å²) < 4.78 is 0. The molecule has 108 valence electrons. The van der Waals surface area contributed by atoms with E-state index < -0.39 is 0 Å². The molecule has 0 amide bonds. The molecule has 4 heteroatoms. The molecule has 2 nitrogen and oxygen atoms in total. The van der Waals surface area contributed by atoms with Gasteiger partial charge in [-0.25, -0.2) is 0 Å². The van der Waals surface area contributed by atoms with E-state index in [1.54, 1.807) is 0 Å². The van der Waals surface area contributed by atoms with Crippen molar-refractivity contribution in [2.75, 3.05) is 13.1 Å². The molecule has 4 fully saturated rings. The van der Waals surface area contributed by atoms with Crippen LogP contribution < -0.4 is 11.5 Å².